The van der Waals surface area contributed by atoms with Gasteiger partial charge < -0.3 is 16.0 Å². The predicted molar refractivity (Wildman–Crippen MR) is 102 cm³/mol. The number of thioether (sulfide) groups is 1. The van der Waals surface area contributed by atoms with Gasteiger partial charge in [-0.1, -0.05) is 17.8 Å². The molecule has 1 fully saturated rings. The fourth-order valence-corrected chi connectivity index (χ4v) is 3.82. The molecular formula is C18H23N5O2S. The molecule has 2 aromatic rings. The zero-order valence-corrected chi connectivity index (χ0v) is 15.5. The highest BCUT2D eigenvalue weighted by atomic mass is 32.2. The third-order valence-electron chi connectivity index (χ3n) is 4.56. The maximum Gasteiger partial charge on any atom is 0.312 e. The van der Waals surface area contributed by atoms with E-state index in [1.165, 1.54) is 0 Å². The summed E-state index contributed by atoms with van der Waals surface area (Å²) in [4.78, 5) is 30.3. The van der Waals surface area contributed by atoms with Gasteiger partial charge in [0.05, 0.1) is 0 Å². The smallest absolute Gasteiger partial charge is 0.312 e. The van der Waals surface area contributed by atoms with Gasteiger partial charge >= 0.3 is 6.03 Å². The van der Waals surface area contributed by atoms with Crippen LogP contribution in [0.4, 0.5) is 4.79 Å². The Hall–Kier alpha value is -2.48. The Morgan fingerprint density at radius 1 is 1.38 bits per heavy atom. The van der Waals surface area contributed by atoms with E-state index in [0.29, 0.717) is 18.7 Å². The van der Waals surface area contributed by atoms with Crippen molar-refractivity contribution >= 4 is 23.7 Å². The number of rotatable bonds is 5. The number of hydrogen-bond acceptors (Lipinski definition) is 4. The largest absolute Gasteiger partial charge is 0.352 e. The fraction of sp³-hybridized carbons (Fsp3) is 0.389. The second-order valence-electron chi connectivity index (χ2n) is 6.23. The minimum atomic E-state index is -0.560. The average Bonchev–Trinajstić information content (AvgIpc) is 3.15. The van der Waals surface area contributed by atoms with Crippen LogP contribution in [0.2, 0.25) is 0 Å². The average molecular weight is 373 g/mol. The number of hydrogen-bond donors (Lipinski definition) is 2. The van der Waals surface area contributed by atoms with Crippen molar-refractivity contribution in [1.82, 2.24) is 19.8 Å². The van der Waals surface area contributed by atoms with Gasteiger partial charge in [0.25, 0.3) is 5.91 Å². The molecule has 26 heavy (non-hydrogen) atoms. The third kappa shape index (κ3) is 4.01. The van der Waals surface area contributed by atoms with Gasteiger partial charge in [-0.3, -0.25) is 9.36 Å². The minimum absolute atomic E-state index is 0.0198. The molecule has 2 heterocycles. The second kappa shape index (κ2) is 8.27. The van der Waals surface area contributed by atoms with Crippen molar-refractivity contribution in [3.05, 3.63) is 42.2 Å². The lowest BCUT2D eigenvalue weighted by Crippen LogP contribution is -2.50. The van der Waals surface area contributed by atoms with Gasteiger partial charge in [0.1, 0.15) is 0 Å². The zero-order chi connectivity index (χ0) is 18.5. The van der Waals surface area contributed by atoms with E-state index in [9.17, 15) is 9.59 Å². The van der Waals surface area contributed by atoms with E-state index in [0.717, 1.165) is 30.1 Å². The molecule has 8 heteroatoms. The predicted octanol–water partition coefficient (Wildman–Crippen LogP) is 2.26. The summed E-state index contributed by atoms with van der Waals surface area (Å²) in [6.45, 7) is 1.08. The van der Waals surface area contributed by atoms with E-state index < -0.39 is 6.03 Å². The molecule has 3 rings (SSSR count). The number of primary amides is 1. The van der Waals surface area contributed by atoms with E-state index in [1.807, 2.05) is 46.2 Å². The van der Waals surface area contributed by atoms with E-state index in [1.54, 1.807) is 18.0 Å². The number of nitrogens with two attached hydrogens (primary N) is 1. The van der Waals surface area contributed by atoms with Gasteiger partial charge in [-0.25, -0.2) is 9.78 Å². The molecule has 0 radical (unpaired) electrons. The van der Waals surface area contributed by atoms with Crippen LogP contribution >= 0.6 is 11.8 Å². The molecule has 1 aromatic heterocycles. The molecule has 0 bridgehead atoms. The Kier molecular flexibility index (Phi) is 5.82. The summed E-state index contributed by atoms with van der Waals surface area (Å²) in [6, 6.07) is 6.97. The van der Waals surface area contributed by atoms with Crippen LogP contribution < -0.4 is 11.1 Å². The number of amides is 3. The van der Waals surface area contributed by atoms with E-state index in [-0.39, 0.29) is 11.9 Å². The first-order chi connectivity index (χ1) is 12.6. The molecular weight excluding hydrogens is 350 g/mol. The summed E-state index contributed by atoms with van der Waals surface area (Å²) in [5.41, 5.74) is 6.72. The summed E-state index contributed by atoms with van der Waals surface area (Å²) in [5.74, 6) is -0.0198. The number of piperidine rings is 1. The summed E-state index contributed by atoms with van der Waals surface area (Å²) in [7, 11) is 0. The lowest BCUT2D eigenvalue weighted by Gasteiger charge is -2.36. The van der Waals surface area contributed by atoms with Crippen molar-refractivity contribution in [3.63, 3.8) is 0 Å². The van der Waals surface area contributed by atoms with Gasteiger partial charge in [0.15, 0.2) is 5.16 Å². The van der Waals surface area contributed by atoms with Gasteiger partial charge in [-0.05, 0) is 43.7 Å². The Morgan fingerprint density at radius 2 is 2.23 bits per heavy atom. The lowest BCUT2D eigenvalue weighted by atomic mass is 10.0. The van der Waals surface area contributed by atoms with E-state index in [2.05, 4.69) is 10.3 Å². The van der Waals surface area contributed by atoms with Gasteiger partial charge in [0, 0.05) is 42.8 Å². The zero-order valence-electron chi connectivity index (χ0n) is 14.7. The molecule has 1 unspecified atom stereocenters. The maximum atomic E-state index is 13.1. The number of carbonyl (C=O) groups excluding carboxylic acids is 2. The SMILES string of the molecule is CSc1nccn1-c1cccc(C(=O)N2CCCCC2CNC(N)=O)c1. The van der Waals surface area contributed by atoms with Crippen LogP contribution in [0.5, 0.6) is 0 Å². The Morgan fingerprint density at radius 3 is 3.00 bits per heavy atom. The Balaban J connectivity index is 1.82. The fourth-order valence-electron chi connectivity index (χ4n) is 3.29. The Bertz CT molecular complexity index is 791. The number of nitrogens with zero attached hydrogens (tertiary/aromatic N) is 3. The second-order valence-corrected chi connectivity index (χ2v) is 7.00. The molecule has 1 aliphatic rings. The maximum absolute atomic E-state index is 13.1. The molecule has 0 spiro atoms. The number of imidazole rings is 1. The van der Waals surface area contributed by atoms with Crippen molar-refractivity contribution in [1.29, 1.82) is 0 Å². The molecule has 0 saturated carbocycles. The third-order valence-corrected chi connectivity index (χ3v) is 5.23. The number of aromatic nitrogens is 2. The highest BCUT2D eigenvalue weighted by Crippen LogP contribution is 2.22. The molecule has 3 N–H and O–H groups in total. The number of carbonyl (C=O) groups is 2. The standard InChI is InChI=1S/C18H23N5O2S/c1-26-18-20-8-10-23(18)14-7-4-5-13(11-14)16(24)22-9-3-2-6-15(22)12-21-17(19)25/h4-5,7-8,10-11,15H,2-3,6,9,12H2,1H3,(H3,19,21,25). The van der Waals surface area contributed by atoms with Crippen LogP contribution in [-0.2, 0) is 0 Å². The molecule has 1 aliphatic heterocycles. The first-order valence-corrected chi connectivity index (χ1v) is 9.84. The van der Waals surface area contributed by atoms with Gasteiger partial charge in [0.2, 0.25) is 0 Å². The number of nitrogens with one attached hydrogen (secondary N) is 1. The van der Waals surface area contributed by atoms with E-state index >= 15 is 0 Å². The number of benzene rings is 1. The van der Waals surface area contributed by atoms with Crippen LogP contribution in [0.1, 0.15) is 29.6 Å². The van der Waals surface area contributed by atoms with Gasteiger partial charge in [-0.2, -0.15) is 0 Å². The normalized spacial score (nSPS) is 17.1. The van der Waals surface area contributed by atoms with Crippen molar-refractivity contribution in [3.8, 4) is 5.69 Å². The summed E-state index contributed by atoms with van der Waals surface area (Å²) in [5, 5.41) is 3.50. The lowest BCUT2D eigenvalue weighted by molar-refractivity contribution is 0.0615. The summed E-state index contributed by atoms with van der Waals surface area (Å²) in [6.07, 6.45) is 8.48. The van der Waals surface area contributed by atoms with Crippen LogP contribution in [-0.4, -0.2) is 51.8 Å². The van der Waals surface area contributed by atoms with E-state index in [4.69, 9.17) is 5.73 Å². The monoisotopic (exact) mass is 373 g/mol. The summed E-state index contributed by atoms with van der Waals surface area (Å²) < 4.78 is 1.96. The minimum Gasteiger partial charge on any atom is -0.352 e. The molecule has 1 aromatic carbocycles. The number of likely N-dealkylation sites (tertiary alicyclic amines) is 1. The van der Waals surface area contributed by atoms with Crippen molar-refractivity contribution in [2.75, 3.05) is 19.3 Å². The van der Waals surface area contributed by atoms with Crippen LogP contribution in [0.25, 0.3) is 5.69 Å². The molecule has 138 valence electrons. The van der Waals surface area contributed by atoms with Crippen LogP contribution in [0.15, 0.2) is 41.8 Å². The molecule has 7 nitrogen and oxygen atoms in total. The highest BCUT2D eigenvalue weighted by Gasteiger charge is 2.27. The Labute approximate surface area is 157 Å². The molecule has 0 aliphatic carbocycles. The molecule has 3 amide bonds. The first-order valence-electron chi connectivity index (χ1n) is 8.62. The molecule has 1 saturated heterocycles. The van der Waals surface area contributed by atoms with Gasteiger partial charge in [-0.15, -0.1) is 0 Å². The van der Waals surface area contributed by atoms with Crippen LogP contribution in [0.3, 0.4) is 0 Å². The number of urea groups is 1. The highest BCUT2D eigenvalue weighted by molar-refractivity contribution is 7.98. The quantitative estimate of drug-likeness (QED) is 0.786. The van der Waals surface area contributed by atoms with Crippen molar-refractivity contribution in [2.45, 2.75) is 30.5 Å². The first kappa shape index (κ1) is 18.3. The van der Waals surface area contributed by atoms with Crippen molar-refractivity contribution < 1.29 is 9.59 Å². The molecule has 1 atom stereocenters. The topological polar surface area (TPSA) is 93.2 Å². The summed E-state index contributed by atoms with van der Waals surface area (Å²) >= 11 is 1.55. The van der Waals surface area contributed by atoms with Crippen molar-refractivity contribution in [2.24, 2.45) is 5.73 Å². The van der Waals surface area contributed by atoms with Crippen LogP contribution in [0, 0.1) is 0 Å².